The van der Waals surface area contributed by atoms with E-state index in [9.17, 15) is 0 Å². The summed E-state index contributed by atoms with van der Waals surface area (Å²) in [6.07, 6.45) is 5.28. The van der Waals surface area contributed by atoms with Crippen LogP contribution in [-0.4, -0.2) is 36.1 Å². The molecule has 1 fully saturated rings. The topological polar surface area (TPSA) is 41.0 Å². The summed E-state index contributed by atoms with van der Waals surface area (Å²) in [4.78, 5) is 13.9. The van der Waals surface area contributed by atoms with Crippen LogP contribution in [0.5, 0.6) is 0 Å². The minimum atomic E-state index is 0.563. The van der Waals surface area contributed by atoms with E-state index in [1.807, 2.05) is 7.05 Å². The zero-order valence-corrected chi connectivity index (χ0v) is 12.3. The highest BCUT2D eigenvalue weighted by Crippen LogP contribution is 2.33. The smallest absolute Gasteiger partial charge is 0.141 e. The predicted molar refractivity (Wildman–Crippen MR) is 81.1 cm³/mol. The molecule has 0 amide bonds. The molecular weight excluding hydrogens is 256 g/mol. The molecule has 102 valence electrons. The van der Waals surface area contributed by atoms with E-state index >= 15 is 0 Å². The Bertz CT molecular complexity index is 566. The van der Waals surface area contributed by atoms with Gasteiger partial charge in [0.1, 0.15) is 17.0 Å². The highest BCUT2D eigenvalue weighted by atomic mass is 32.1. The molecule has 1 aliphatic rings. The number of nitrogens with zero attached hydrogens (tertiary/aromatic N) is 3. The maximum Gasteiger partial charge on any atom is 0.141 e. The van der Waals surface area contributed by atoms with Gasteiger partial charge in [-0.1, -0.05) is 6.92 Å². The SMILES string of the molecule is CCc1cc2c(N3CCCC3CNC)ncnc2s1. The average Bonchev–Trinajstić information content (AvgIpc) is 3.04. The molecule has 0 aromatic carbocycles. The van der Waals surface area contributed by atoms with Crippen LogP contribution in [0.3, 0.4) is 0 Å². The Hall–Kier alpha value is -1.20. The molecule has 0 spiro atoms. The number of hydrogen-bond acceptors (Lipinski definition) is 5. The molecule has 0 saturated carbocycles. The van der Waals surface area contributed by atoms with Gasteiger partial charge in [-0.05, 0) is 32.4 Å². The third kappa shape index (κ3) is 2.32. The lowest BCUT2D eigenvalue weighted by atomic mass is 10.2. The second kappa shape index (κ2) is 5.43. The van der Waals surface area contributed by atoms with Gasteiger partial charge >= 0.3 is 0 Å². The van der Waals surface area contributed by atoms with E-state index in [1.54, 1.807) is 17.7 Å². The molecule has 0 radical (unpaired) electrons. The number of anilines is 1. The second-order valence-electron chi connectivity index (χ2n) is 5.03. The van der Waals surface area contributed by atoms with Gasteiger partial charge in [-0.15, -0.1) is 11.3 Å². The molecule has 19 heavy (non-hydrogen) atoms. The first-order valence-corrected chi connectivity index (χ1v) is 7.79. The monoisotopic (exact) mass is 276 g/mol. The summed E-state index contributed by atoms with van der Waals surface area (Å²) in [6.45, 7) is 4.32. The van der Waals surface area contributed by atoms with Crippen LogP contribution in [0.2, 0.25) is 0 Å². The molecule has 4 nitrogen and oxygen atoms in total. The lowest BCUT2D eigenvalue weighted by molar-refractivity contribution is 0.613. The minimum absolute atomic E-state index is 0.563. The van der Waals surface area contributed by atoms with Crippen LogP contribution >= 0.6 is 11.3 Å². The van der Waals surface area contributed by atoms with E-state index in [-0.39, 0.29) is 0 Å². The number of rotatable bonds is 4. The van der Waals surface area contributed by atoms with Gasteiger partial charge in [0.15, 0.2) is 0 Å². The van der Waals surface area contributed by atoms with E-state index in [1.165, 1.54) is 23.1 Å². The van der Waals surface area contributed by atoms with E-state index in [0.717, 1.165) is 30.2 Å². The van der Waals surface area contributed by atoms with Crippen LogP contribution in [-0.2, 0) is 6.42 Å². The summed E-state index contributed by atoms with van der Waals surface area (Å²) in [5.41, 5.74) is 0. The molecule has 1 atom stereocenters. The van der Waals surface area contributed by atoms with Crippen LogP contribution < -0.4 is 10.2 Å². The van der Waals surface area contributed by atoms with Crippen molar-refractivity contribution in [3.8, 4) is 0 Å². The maximum atomic E-state index is 4.56. The number of fused-ring (bicyclic) bond motifs is 1. The van der Waals surface area contributed by atoms with Crippen LogP contribution in [0.15, 0.2) is 12.4 Å². The summed E-state index contributed by atoms with van der Waals surface area (Å²) >= 11 is 1.79. The molecular formula is C14H20N4S. The number of aromatic nitrogens is 2. The van der Waals surface area contributed by atoms with Crippen molar-refractivity contribution < 1.29 is 0 Å². The Morgan fingerprint density at radius 3 is 3.16 bits per heavy atom. The van der Waals surface area contributed by atoms with Gasteiger partial charge in [0.2, 0.25) is 0 Å². The van der Waals surface area contributed by atoms with Gasteiger partial charge in [0.05, 0.1) is 5.39 Å². The Morgan fingerprint density at radius 1 is 1.47 bits per heavy atom. The lowest BCUT2D eigenvalue weighted by Gasteiger charge is -2.25. The van der Waals surface area contributed by atoms with Gasteiger partial charge in [-0.25, -0.2) is 9.97 Å². The second-order valence-corrected chi connectivity index (χ2v) is 6.14. The lowest BCUT2D eigenvalue weighted by Crippen LogP contribution is -2.37. The van der Waals surface area contributed by atoms with E-state index < -0.39 is 0 Å². The maximum absolute atomic E-state index is 4.56. The third-order valence-electron chi connectivity index (χ3n) is 3.80. The first-order valence-electron chi connectivity index (χ1n) is 6.98. The molecule has 1 aliphatic heterocycles. The highest BCUT2D eigenvalue weighted by molar-refractivity contribution is 7.18. The molecule has 3 rings (SSSR count). The standard InChI is InChI=1S/C14H20N4S/c1-3-11-7-12-13(16-9-17-14(12)19-11)18-6-4-5-10(18)8-15-2/h7,9-10,15H,3-6,8H2,1-2H3. The molecule has 5 heteroatoms. The fourth-order valence-electron chi connectivity index (χ4n) is 2.86. The van der Waals surface area contributed by atoms with Crippen molar-refractivity contribution in [1.82, 2.24) is 15.3 Å². The van der Waals surface area contributed by atoms with Crippen LogP contribution in [0.25, 0.3) is 10.2 Å². The van der Waals surface area contributed by atoms with E-state index in [0.29, 0.717) is 6.04 Å². The van der Waals surface area contributed by atoms with Crippen LogP contribution in [0.1, 0.15) is 24.6 Å². The van der Waals surface area contributed by atoms with Crippen molar-refractivity contribution >= 4 is 27.4 Å². The van der Waals surface area contributed by atoms with Crippen LogP contribution in [0, 0.1) is 0 Å². The van der Waals surface area contributed by atoms with Crippen molar-refractivity contribution in [3.05, 3.63) is 17.3 Å². The number of aryl methyl sites for hydroxylation is 1. The Kier molecular flexibility index (Phi) is 3.66. The van der Waals surface area contributed by atoms with Gasteiger partial charge < -0.3 is 10.2 Å². The molecule has 1 saturated heterocycles. The van der Waals surface area contributed by atoms with Gasteiger partial charge in [-0.2, -0.15) is 0 Å². The fraction of sp³-hybridized carbons (Fsp3) is 0.571. The largest absolute Gasteiger partial charge is 0.352 e. The van der Waals surface area contributed by atoms with Crippen molar-refractivity contribution in [2.24, 2.45) is 0 Å². The highest BCUT2D eigenvalue weighted by Gasteiger charge is 2.26. The van der Waals surface area contributed by atoms with E-state index in [2.05, 4.69) is 33.2 Å². The quantitative estimate of drug-likeness (QED) is 0.931. The molecule has 1 N–H and O–H groups in total. The van der Waals surface area contributed by atoms with Crippen LogP contribution in [0.4, 0.5) is 5.82 Å². The normalized spacial score (nSPS) is 19.5. The predicted octanol–water partition coefficient (Wildman–Crippen LogP) is 2.44. The van der Waals surface area contributed by atoms with E-state index in [4.69, 9.17) is 0 Å². The number of nitrogens with one attached hydrogen (secondary N) is 1. The molecule has 0 aliphatic carbocycles. The number of hydrogen-bond donors (Lipinski definition) is 1. The third-order valence-corrected chi connectivity index (χ3v) is 4.98. The van der Waals surface area contributed by atoms with Crippen molar-refractivity contribution in [3.63, 3.8) is 0 Å². The Labute approximate surface area is 117 Å². The fourth-order valence-corrected chi connectivity index (χ4v) is 3.79. The minimum Gasteiger partial charge on any atom is -0.352 e. The van der Waals surface area contributed by atoms with Gasteiger partial charge in [0, 0.05) is 24.0 Å². The molecule has 2 aromatic rings. The Balaban J connectivity index is 2.01. The van der Waals surface area contributed by atoms with Gasteiger partial charge in [0.25, 0.3) is 0 Å². The summed E-state index contributed by atoms with van der Waals surface area (Å²) in [7, 11) is 2.02. The molecule has 2 aromatic heterocycles. The Morgan fingerprint density at radius 2 is 2.37 bits per heavy atom. The molecule has 0 bridgehead atoms. The number of likely N-dealkylation sites (N-methyl/N-ethyl adjacent to an activating group) is 1. The van der Waals surface area contributed by atoms with Crippen molar-refractivity contribution in [2.45, 2.75) is 32.2 Å². The zero-order valence-electron chi connectivity index (χ0n) is 11.5. The zero-order chi connectivity index (χ0) is 13.2. The summed E-state index contributed by atoms with van der Waals surface area (Å²) in [6, 6.07) is 2.83. The average molecular weight is 276 g/mol. The summed E-state index contributed by atoms with van der Waals surface area (Å²) in [5, 5.41) is 4.52. The summed E-state index contributed by atoms with van der Waals surface area (Å²) in [5.74, 6) is 1.12. The first kappa shape index (κ1) is 12.8. The summed E-state index contributed by atoms with van der Waals surface area (Å²) < 4.78 is 0. The van der Waals surface area contributed by atoms with Gasteiger partial charge in [-0.3, -0.25) is 0 Å². The number of thiophene rings is 1. The molecule has 3 heterocycles. The van der Waals surface area contributed by atoms with Crippen molar-refractivity contribution in [2.75, 3.05) is 25.0 Å². The first-order chi connectivity index (χ1) is 9.33. The molecule has 1 unspecified atom stereocenters. The van der Waals surface area contributed by atoms with Crippen molar-refractivity contribution in [1.29, 1.82) is 0 Å².